The molecule has 5 rings (SSSR count). The molecule has 0 radical (unpaired) electrons. The van der Waals surface area contributed by atoms with Crippen molar-refractivity contribution in [2.45, 2.75) is 50.0 Å². The predicted molar refractivity (Wildman–Crippen MR) is 127 cm³/mol. The lowest BCUT2D eigenvalue weighted by atomic mass is 9.71. The van der Waals surface area contributed by atoms with Crippen molar-refractivity contribution in [3.63, 3.8) is 0 Å². The number of furan rings is 1. The van der Waals surface area contributed by atoms with Gasteiger partial charge in [-0.25, -0.2) is 0 Å². The summed E-state index contributed by atoms with van der Waals surface area (Å²) in [4.78, 5) is 2.72. The Morgan fingerprint density at radius 2 is 1.94 bits per heavy atom. The van der Waals surface area contributed by atoms with Crippen LogP contribution in [0.4, 0.5) is 0 Å². The normalized spacial score (nSPS) is 23.2. The predicted octanol–water partition coefficient (Wildman–Crippen LogP) is 6.23. The van der Waals surface area contributed by atoms with Gasteiger partial charge in [0.1, 0.15) is 11.5 Å². The van der Waals surface area contributed by atoms with E-state index >= 15 is 0 Å². The first-order valence-electron chi connectivity index (χ1n) is 11.3. The topological polar surface area (TPSA) is 25.6 Å². The highest BCUT2D eigenvalue weighted by Gasteiger charge is 2.38. The summed E-state index contributed by atoms with van der Waals surface area (Å²) in [7, 11) is 1.77. The van der Waals surface area contributed by atoms with E-state index < -0.39 is 0 Å². The van der Waals surface area contributed by atoms with E-state index in [-0.39, 0.29) is 12.4 Å². The molecule has 0 N–H and O–H groups in total. The van der Waals surface area contributed by atoms with Crippen LogP contribution in [0, 0.1) is 0 Å². The number of fused-ring (bicyclic) bond motifs is 1. The molecular weight excluding hydrogens is 406 g/mol. The van der Waals surface area contributed by atoms with Crippen molar-refractivity contribution in [2.75, 3.05) is 20.2 Å². The Balaban J connectivity index is 0.00000231. The van der Waals surface area contributed by atoms with E-state index in [2.05, 4.69) is 59.5 Å². The first-order valence-corrected chi connectivity index (χ1v) is 11.3. The minimum Gasteiger partial charge on any atom is -0.497 e. The van der Waals surface area contributed by atoms with E-state index in [1.807, 2.05) is 6.07 Å². The molecule has 3 aromatic rings. The second-order valence-electron chi connectivity index (χ2n) is 8.79. The monoisotopic (exact) mass is 437 g/mol. The molecule has 2 aliphatic rings. The van der Waals surface area contributed by atoms with Crippen LogP contribution in [-0.2, 0) is 12.8 Å². The van der Waals surface area contributed by atoms with Gasteiger partial charge in [-0.2, -0.15) is 0 Å². The number of methoxy groups -OCH3 is 1. The van der Waals surface area contributed by atoms with Crippen molar-refractivity contribution in [3.05, 3.63) is 89.4 Å². The highest BCUT2D eigenvalue weighted by molar-refractivity contribution is 5.85. The maximum absolute atomic E-state index is 5.59. The van der Waals surface area contributed by atoms with Gasteiger partial charge in [-0.15, -0.1) is 12.4 Å². The van der Waals surface area contributed by atoms with E-state index in [1.165, 1.54) is 42.5 Å². The van der Waals surface area contributed by atoms with Crippen molar-refractivity contribution < 1.29 is 9.15 Å². The van der Waals surface area contributed by atoms with Crippen molar-refractivity contribution >= 4 is 12.4 Å². The summed E-state index contributed by atoms with van der Waals surface area (Å²) in [5, 5.41) is 0. The van der Waals surface area contributed by atoms with Crippen LogP contribution in [0.3, 0.4) is 0 Å². The van der Waals surface area contributed by atoms with Crippen LogP contribution in [0.25, 0.3) is 0 Å². The molecule has 1 saturated heterocycles. The molecule has 1 aromatic heterocycles. The van der Waals surface area contributed by atoms with Crippen LogP contribution >= 0.6 is 12.4 Å². The third kappa shape index (κ3) is 4.68. The van der Waals surface area contributed by atoms with Crippen molar-refractivity contribution in [1.29, 1.82) is 0 Å². The van der Waals surface area contributed by atoms with Gasteiger partial charge in [0.25, 0.3) is 0 Å². The maximum Gasteiger partial charge on any atom is 0.119 e. The van der Waals surface area contributed by atoms with Crippen LogP contribution in [0.1, 0.15) is 53.5 Å². The highest BCUT2D eigenvalue weighted by atomic mass is 35.5. The van der Waals surface area contributed by atoms with Crippen LogP contribution in [0.15, 0.2) is 71.3 Å². The summed E-state index contributed by atoms with van der Waals surface area (Å²) < 4.78 is 11.2. The number of hydrogen-bond acceptors (Lipinski definition) is 3. The van der Waals surface area contributed by atoms with Crippen LogP contribution in [0.2, 0.25) is 0 Å². The van der Waals surface area contributed by atoms with Crippen LogP contribution in [-0.4, -0.2) is 31.1 Å². The van der Waals surface area contributed by atoms with Crippen molar-refractivity contribution in [1.82, 2.24) is 4.90 Å². The Hall–Kier alpha value is -2.23. The van der Waals surface area contributed by atoms with Crippen LogP contribution in [0.5, 0.6) is 5.75 Å². The highest BCUT2D eigenvalue weighted by Crippen LogP contribution is 2.45. The van der Waals surface area contributed by atoms with Crippen molar-refractivity contribution in [3.8, 4) is 5.75 Å². The lowest BCUT2D eigenvalue weighted by molar-refractivity contribution is 0.206. The number of likely N-dealkylation sites (tertiary alicyclic amines) is 1. The molecule has 0 amide bonds. The number of rotatable bonds is 6. The minimum absolute atomic E-state index is 0. The molecule has 3 unspecified atom stereocenters. The number of nitrogens with zero attached hydrogens (tertiary/aromatic N) is 1. The minimum atomic E-state index is 0. The molecule has 2 heterocycles. The molecular formula is C27H32ClNO2. The summed E-state index contributed by atoms with van der Waals surface area (Å²) in [6.07, 6.45) is 7.69. The van der Waals surface area contributed by atoms with Gasteiger partial charge in [0.2, 0.25) is 0 Å². The number of hydrogen-bond donors (Lipinski definition) is 0. The van der Waals surface area contributed by atoms with Gasteiger partial charge in [-0.05, 0) is 79.1 Å². The third-order valence-electron chi connectivity index (χ3n) is 7.13. The Morgan fingerprint density at radius 1 is 1.06 bits per heavy atom. The van der Waals surface area contributed by atoms with E-state index in [0.29, 0.717) is 17.9 Å². The molecule has 2 aromatic carbocycles. The molecule has 0 bridgehead atoms. The molecule has 0 spiro atoms. The Kier molecular flexibility index (Phi) is 7.04. The summed E-state index contributed by atoms with van der Waals surface area (Å²) in [6.45, 7) is 2.28. The van der Waals surface area contributed by atoms with E-state index in [4.69, 9.17) is 9.15 Å². The van der Waals surface area contributed by atoms with Gasteiger partial charge in [0.15, 0.2) is 0 Å². The first kappa shape index (κ1) is 22.0. The molecule has 1 fully saturated rings. The van der Waals surface area contributed by atoms with Gasteiger partial charge in [0.05, 0.1) is 13.4 Å². The summed E-state index contributed by atoms with van der Waals surface area (Å²) in [6, 6.07) is 22.5. The zero-order chi connectivity index (χ0) is 20.3. The quantitative estimate of drug-likeness (QED) is 0.457. The van der Waals surface area contributed by atoms with E-state index in [0.717, 1.165) is 30.9 Å². The summed E-state index contributed by atoms with van der Waals surface area (Å²) >= 11 is 0. The van der Waals surface area contributed by atoms with Gasteiger partial charge < -0.3 is 9.15 Å². The second-order valence-corrected chi connectivity index (χ2v) is 8.79. The standard InChI is InChI=1S/C27H31NO2.ClH/c1-29-24-11-12-25-22(18-24)17-21(20-7-3-2-4-8-20)19-26(25)27-10-5-14-28(27)15-13-23-9-6-16-30-23;/h2-4,6-9,11-12,16,18,21,26-27H,5,10,13-15,17,19H2,1H3;1H. The Bertz CT molecular complexity index is 957. The molecule has 4 heteroatoms. The fourth-order valence-corrected chi connectivity index (χ4v) is 5.67. The molecule has 164 valence electrons. The van der Waals surface area contributed by atoms with Gasteiger partial charge in [-0.3, -0.25) is 4.90 Å². The molecule has 1 aliphatic carbocycles. The second kappa shape index (κ2) is 9.93. The molecule has 1 aliphatic heterocycles. The smallest absolute Gasteiger partial charge is 0.119 e. The largest absolute Gasteiger partial charge is 0.497 e. The third-order valence-corrected chi connectivity index (χ3v) is 7.13. The fourth-order valence-electron chi connectivity index (χ4n) is 5.67. The average Bonchev–Trinajstić information content (AvgIpc) is 3.49. The number of halogens is 1. The fraction of sp³-hybridized carbons (Fsp3) is 0.407. The Morgan fingerprint density at radius 3 is 2.71 bits per heavy atom. The summed E-state index contributed by atoms with van der Waals surface area (Å²) in [5.74, 6) is 3.21. The number of benzene rings is 2. The lowest BCUT2D eigenvalue weighted by Crippen LogP contribution is -2.38. The van der Waals surface area contributed by atoms with Gasteiger partial charge >= 0.3 is 0 Å². The summed E-state index contributed by atoms with van der Waals surface area (Å²) in [5.41, 5.74) is 4.48. The molecule has 0 saturated carbocycles. The van der Waals surface area contributed by atoms with E-state index in [1.54, 1.807) is 13.4 Å². The lowest BCUT2D eigenvalue weighted by Gasteiger charge is -2.39. The molecule has 3 atom stereocenters. The van der Waals surface area contributed by atoms with E-state index in [9.17, 15) is 0 Å². The average molecular weight is 438 g/mol. The maximum atomic E-state index is 5.59. The SMILES string of the molecule is COc1ccc2c(c1)CC(c1ccccc1)CC2C1CCCN1CCc1ccco1.Cl. The zero-order valence-electron chi connectivity index (χ0n) is 18.2. The number of ether oxygens (including phenoxy) is 1. The molecule has 31 heavy (non-hydrogen) atoms. The zero-order valence-corrected chi connectivity index (χ0v) is 19.0. The molecule has 3 nitrogen and oxygen atoms in total. The van der Waals surface area contributed by atoms with Gasteiger partial charge in [0, 0.05) is 24.9 Å². The van der Waals surface area contributed by atoms with Crippen molar-refractivity contribution in [2.24, 2.45) is 0 Å². The van der Waals surface area contributed by atoms with Crippen LogP contribution < -0.4 is 4.74 Å². The first-order chi connectivity index (χ1) is 14.8. The Labute approximate surface area is 191 Å². The van der Waals surface area contributed by atoms with Gasteiger partial charge in [-0.1, -0.05) is 36.4 Å².